The van der Waals surface area contributed by atoms with E-state index in [0.717, 1.165) is 56.1 Å². The van der Waals surface area contributed by atoms with E-state index in [1.807, 2.05) is 24.3 Å². The van der Waals surface area contributed by atoms with Gasteiger partial charge in [-0.05, 0) is 122 Å². The lowest BCUT2D eigenvalue weighted by atomic mass is 9.33. The Bertz CT molecular complexity index is 1770. The highest BCUT2D eigenvalue weighted by molar-refractivity contribution is 6.31. The third-order valence-electron chi connectivity index (χ3n) is 16.7. The third kappa shape index (κ3) is 6.61. The first-order valence-electron chi connectivity index (χ1n) is 20.8. The summed E-state index contributed by atoms with van der Waals surface area (Å²) in [5.41, 5.74) is 0.654. The lowest BCUT2D eigenvalue weighted by Gasteiger charge is -2.72. The molecule has 9 atom stereocenters. The molecule has 0 heterocycles. The molecule has 4 unspecified atom stereocenters. The summed E-state index contributed by atoms with van der Waals surface area (Å²) in [6, 6.07) is 7.49. The van der Waals surface area contributed by atoms with Crippen LogP contribution in [0.15, 0.2) is 35.4 Å². The zero-order valence-corrected chi connectivity index (χ0v) is 35.8. The number of hydrogen-bond acceptors (Lipinski definition) is 6. The van der Waals surface area contributed by atoms with Gasteiger partial charge in [0.25, 0.3) is 0 Å². The van der Waals surface area contributed by atoms with Crippen molar-refractivity contribution in [2.24, 2.45) is 56.2 Å². The molecular weight excluding hydrogens is 714 g/mol. The van der Waals surface area contributed by atoms with Gasteiger partial charge in [0.15, 0.2) is 5.78 Å². The van der Waals surface area contributed by atoms with E-state index in [0.29, 0.717) is 36.2 Å². The topological polar surface area (TPSA) is 121 Å². The van der Waals surface area contributed by atoms with Crippen LogP contribution in [0.4, 0.5) is 0 Å². The molecule has 1 aromatic rings. The molecule has 0 aliphatic heterocycles. The number of nitrogens with zero attached hydrogens (tertiary/aromatic N) is 1. The van der Waals surface area contributed by atoms with Crippen molar-refractivity contribution in [3.8, 4) is 0 Å². The number of hydrogen-bond donors (Lipinski definition) is 2. The largest absolute Gasteiger partial charge is 0.481 e. The second-order valence-corrected chi connectivity index (χ2v) is 21.0. The van der Waals surface area contributed by atoms with Gasteiger partial charge in [0, 0.05) is 42.3 Å². The van der Waals surface area contributed by atoms with E-state index in [2.05, 4.69) is 48.5 Å². The minimum Gasteiger partial charge on any atom is -0.481 e. The Hall–Kier alpha value is -2.71. The average Bonchev–Trinajstić information content (AvgIpc) is 3.40. The Morgan fingerprint density at radius 3 is 2.24 bits per heavy atom. The predicted molar refractivity (Wildman–Crippen MR) is 214 cm³/mol. The molecule has 304 valence electrons. The molecule has 9 heteroatoms. The first kappa shape index (κ1) is 41.9. The van der Waals surface area contributed by atoms with Gasteiger partial charge in [-0.15, -0.1) is 0 Å². The Labute approximate surface area is 334 Å². The number of carboxylic acids is 1. The summed E-state index contributed by atoms with van der Waals surface area (Å²) in [6.07, 6.45) is 6.28. The van der Waals surface area contributed by atoms with E-state index in [1.54, 1.807) is 18.7 Å². The van der Waals surface area contributed by atoms with Gasteiger partial charge in [-0.25, -0.2) is 0 Å². The fourth-order valence-electron chi connectivity index (χ4n) is 13.4. The number of allylic oxidation sites excluding steroid dienone is 1. The molecule has 1 aromatic carbocycles. The number of esters is 1. The van der Waals surface area contributed by atoms with Gasteiger partial charge < -0.3 is 19.8 Å². The van der Waals surface area contributed by atoms with Crippen LogP contribution in [0.3, 0.4) is 0 Å². The summed E-state index contributed by atoms with van der Waals surface area (Å²) in [4.78, 5) is 53.8. The second kappa shape index (κ2) is 14.3. The monoisotopic (exact) mass is 779 g/mol. The molecule has 4 fully saturated rings. The van der Waals surface area contributed by atoms with Crippen LogP contribution < -0.4 is 0 Å². The van der Waals surface area contributed by atoms with Crippen LogP contribution >= 0.6 is 11.6 Å². The Balaban J connectivity index is 1.29. The average molecular weight is 780 g/mol. The zero-order valence-electron chi connectivity index (χ0n) is 35.0. The molecule has 4 saturated carbocycles. The van der Waals surface area contributed by atoms with Gasteiger partial charge in [0.1, 0.15) is 6.10 Å². The molecular formula is C46H66ClNO7. The molecule has 0 saturated heterocycles. The number of rotatable bonds is 10. The number of carbonyl (C=O) groups excluding carboxylic acids is 3. The van der Waals surface area contributed by atoms with E-state index in [-0.39, 0.29) is 64.3 Å². The highest BCUT2D eigenvalue weighted by Crippen LogP contribution is 2.77. The number of benzene rings is 1. The van der Waals surface area contributed by atoms with E-state index < -0.39 is 28.9 Å². The van der Waals surface area contributed by atoms with Gasteiger partial charge in [0.05, 0.1) is 17.9 Å². The lowest BCUT2D eigenvalue weighted by Crippen LogP contribution is -2.66. The van der Waals surface area contributed by atoms with Crippen molar-refractivity contribution < 1.29 is 34.1 Å². The van der Waals surface area contributed by atoms with E-state index in [9.17, 15) is 29.4 Å². The fourth-order valence-corrected chi connectivity index (χ4v) is 13.6. The summed E-state index contributed by atoms with van der Waals surface area (Å²) in [6.45, 7) is 21.3. The number of halogens is 1. The Morgan fingerprint density at radius 2 is 1.62 bits per heavy atom. The van der Waals surface area contributed by atoms with Gasteiger partial charge in [-0.2, -0.15) is 0 Å². The quantitative estimate of drug-likeness (QED) is 0.227. The van der Waals surface area contributed by atoms with Crippen LogP contribution in [-0.4, -0.2) is 57.5 Å². The second-order valence-electron chi connectivity index (χ2n) is 20.6. The van der Waals surface area contributed by atoms with Crippen LogP contribution in [0.2, 0.25) is 5.02 Å². The van der Waals surface area contributed by atoms with Crippen molar-refractivity contribution in [3.63, 3.8) is 0 Å². The molecule has 0 bridgehead atoms. The van der Waals surface area contributed by atoms with Gasteiger partial charge in [0.2, 0.25) is 5.91 Å². The van der Waals surface area contributed by atoms with E-state index >= 15 is 0 Å². The molecule has 2 N–H and O–H groups in total. The number of ether oxygens (including phenoxy) is 1. The van der Waals surface area contributed by atoms with Crippen molar-refractivity contribution in [1.29, 1.82) is 0 Å². The van der Waals surface area contributed by atoms with Crippen molar-refractivity contribution in [1.82, 2.24) is 4.90 Å². The van der Waals surface area contributed by atoms with Crippen molar-refractivity contribution in [2.45, 2.75) is 152 Å². The van der Waals surface area contributed by atoms with E-state index in [1.165, 1.54) is 12.5 Å². The maximum absolute atomic E-state index is 14.2. The van der Waals surface area contributed by atoms with Crippen LogP contribution in [0.25, 0.3) is 0 Å². The normalized spacial score (nSPS) is 36.0. The number of carboxylic acid groups (broad SMARTS) is 1. The van der Waals surface area contributed by atoms with Crippen LogP contribution in [0, 0.1) is 56.2 Å². The molecule has 8 nitrogen and oxygen atoms in total. The minimum atomic E-state index is -1.18. The van der Waals surface area contributed by atoms with Crippen molar-refractivity contribution in [2.75, 3.05) is 6.54 Å². The standard InChI is InChI=1S/C46H66ClNO7/c1-27(2)38-32(50)23-46(35(51)26-48(28(3)49)25-29-13-11-12-14-31(29)47)22-21-44(9)30(39(38)46)15-16-34-43(8)19-18-36(55-37(52)24-41(4,5)40(53)54)42(6,7)33(43)17-20-45(34,44)10/h11-14,27,30,33-36,51H,15-26H2,1-10H3,(H,53,54)/t30?,33?,34-,35?,36+,43+,44-,45?,46+/m1/s1. The highest BCUT2D eigenvalue weighted by atomic mass is 35.5. The summed E-state index contributed by atoms with van der Waals surface area (Å²) < 4.78 is 6.16. The highest BCUT2D eigenvalue weighted by Gasteiger charge is 2.71. The predicted octanol–water partition coefficient (Wildman–Crippen LogP) is 9.44. The minimum absolute atomic E-state index is 0.0143. The SMILES string of the molecule is CC(=O)N(Cc1ccccc1Cl)CC(O)[C@@]12CC[C@]3(C)C(CC[C@H]4C3(C)CCC3C(C)(C)[C@@H](OC(=O)CC(C)(C)C(=O)O)CC[C@@]34C)C1=C(C(C)C)C(=O)C2. The number of aliphatic hydroxyl groups excluding tert-OH is 1. The molecule has 0 spiro atoms. The number of carbonyl (C=O) groups is 4. The molecule has 5 aliphatic rings. The maximum atomic E-state index is 14.2. The van der Waals surface area contributed by atoms with Crippen LogP contribution in [0.1, 0.15) is 139 Å². The molecule has 6 rings (SSSR count). The van der Waals surface area contributed by atoms with Crippen LogP contribution in [-0.2, 0) is 30.5 Å². The van der Waals surface area contributed by atoms with Gasteiger partial charge >= 0.3 is 11.9 Å². The summed E-state index contributed by atoms with van der Waals surface area (Å²) in [5.74, 6) is -0.481. The first-order valence-corrected chi connectivity index (χ1v) is 21.2. The summed E-state index contributed by atoms with van der Waals surface area (Å²) >= 11 is 6.51. The molecule has 55 heavy (non-hydrogen) atoms. The van der Waals surface area contributed by atoms with E-state index in [4.69, 9.17) is 16.3 Å². The number of aliphatic hydroxyl groups is 1. The number of Topliss-reactive ketones (excluding diaryl/α,β-unsaturated/α-hetero) is 1. The zero-order chi connectivity index (χ0) is 40.7. The van der Waals surface area contributed by atoms with Crippen molar-refractivity contribution in [3.05, 3.63) is 46.0 Å². The molecule has 1 amide bonds. The maximum Gasteiger partial charge on any atom is 0.309 e. The first-order chi connectivity index (χ1) is 25.5. The van der Waals surface area contributed by atoms with Crippen LogP contribution in [0.5, 0.6) is 0 Å². The summed E-state index contributed by atoms with van der Waals surface area (Å²) in [7, 11) is 0. The number of fused-ring (bicyclic) bond motifs is 7. The van der Waals surface area contributed by atoms with Crippen molar-refractivity contribution >= 4 is 35.2 Å². The number of aliphatic carboxylic acids is 1. The Kier molecular flexibility index (Phi) is 10.9. The lowest BCUT2D eigenvalue weighted by molar-refractivity contribution is -0.235. The molecule has 5 aliphatic carbocycles. The fraction of sp³-hybridized carbons (Fsp3) is 0.739. The Morgan fingerprint density at radius 1 is 0.945 bits per heavy atom. The molecule has 0 aromatic heterocycles. The molecule has 0 radical (unpaired) electrons. The number of amides is 1. The third-order valence-corrected chi connectivity index (χ3v) is 17.0. The van der Waals surface area contributed by atoms with Gasteiger partial charge in [-0.1, -0.05) is 83.8 Å². The summed E-state index contributed by atoms with van der Waals surface area (Å²) in [5, 5.41) is 22.6. The van der Waals surface area contributed by atoms with Gasteiger partial charge in [-0.3, -0.25) is 19.2 Å². The number of ketones is 1. The smallest absolute Gasteiger partial charge is 0.309 e.